The number of ether oxygens (including phenoxy) is 1. The van der Waals surface area contributed by atoms with Gasteiger partial charge < -0.3 is 15.0 Å². The Hall–Kier alpha value is -1.69. The molecule has 2 N–H and O–H groups in total. The Morgan fingerprint density at radius 2 is 2.23 bits per heavy atom. The number of aromatic amines is 1. The van der Waals surface area contributed by atoms with Crippen molar-refractivity contribution in [2.45, 2.75) is 18.6 Å². The van der Waals surface area contributed by atoms with Crippen LogP contribution in [0.2, 0.25) is 0 Å². The van der Waals surface area contributed by atoms with Gasteiger partial charge in [0, 0.05) is 37.3 Å². The summed E-state index contributed by atoms with van der Waals surface area (Å²) in [4.78, 5) is 17.6. The van der Waals surface area contributed by atoms with E-state index in [0.29, 0.717) is 6.54 Å². The molecule has 1 unspecified atom stereocenters. The molecule has 0 aliphatic carbocycles. The summed E-state index contributed by atoms with van der Waals surface area (Å²) in [7, 11) is 0. The van der Waals surface area contributed by atoms with E-state index in [1.807, 2.05) is 30.3 Å². The Balaban J connectivity index is 1.57. The molecule has 0 amide bonds. The lowest BCUT2D eigenvalue weighted by molar-refractivity contribution is -0.0985. The highest BCUT2D eigenvalue weighted by Crippen LogP contribution is 2.25. The van der Waals surface area contributed by atoms with Crippen LogP contribution in [-0.2, 0) is 11.3 Å². The molecule has 116 valence electrons. The number of pyridine rings is 1. The maximum atomic E-state index is 12.3. The Morgan fingerprint density at radius 3 is 3.09 bits per heavy atom. The van der Waals surface area contributed by atoms with E-state index in [1.54, 1.807) is 0 Å². The average molecular weight is 299 g/mol. The smallest absolute Gasteiger partial charge is 0.252 e. The highest BCUT2D eigenvalue weighted by atomic mass is 16.5. The van der Waals surface area contributed by atoms with Gasteiger partial charge in [-0.1, -0.05) is 18.2 Å². The van der Waals surface area contributed by atoms with Crippen LogP contribution in [0.25, 0.3) is 10.9 Å². The summed E-state index contributed by atoms with van der Waals surface area (Å²) in [6, 6.07) is 9.93. The number of hydrogen-bond donors (Lipinski definition) is 2. The summed E-state index contributed by atoms with van der Waals surface area (Å²) >= 11 is 0. The van der Waals surface area contributed by atoms with Gasteiger partial charge in [0.15, 0.2) is 0 Å². The van der Waals surface area contributed by atoms with Gasteiger partial charge in [0.25, 0.3) is 5.56 Å². The topological polar surface area (TPSA) is 57.4 Å². The maximum absolute atomic E-state index is 12.3. The third kappa shape index (κ3) is 2.56. The van der Waals surface area contributed by atoms with E-state index in [9.17, 15) is 4.79 Å². The van der Waals surface area contributed by atoms with Crippen molar-refractivity contribution in [2.75, 3.05) is 32.8 Å². The van der Waals surface area contributed by atoms with Gasteiger partial charge in [-0.15, -0.1) is 0 Å². The van der Waals surface area contributed by atoms with Crippen LogP contribution in [-0.4, -0.2) is 48.3 Å². The fourth-order valence-corrected chi connectivity index (χ4v) is 3.59. The largest absolute Gasteiger partial charge is 0.371 e. The molecule has 1 atom stereocenters. The molecule has 22 heavy (non-hydrogen) atoms. The first kappa shape index (κ1) is 13.9. The summed E-state index contributed by atoms with van der Waals surface area (Å²) in [6.07, 6.45) is 1.05. The Kier molecular flexibility index (Phi) is 3.48. The normalized spacial score (nSPS) is 26.0. The number of fused-ring (bicyclic) bond motifs is 1. The third-order valence-electron chi connectivity index (χ3n) is 4.76. The van der Waals surface area contributed by atoms with Crippen LogP contribution in [0, 0.1) is 0 Å². The fraction of sp³-hybridized carbons (Fsp3) is 0.471. The minimum atomic E-state index is -0.0537. The van der Waals surface area contributed by atoms with E-state index in [2.05, 4.69) is 15.2 Å². The first-order valence-electron chi connectivity index (χ1n) is 7.92. The maximum Gasteiger partial charge on any atom is 0.252 e. The lowest BCUT2D eigenvalue weighted by Crippen LogP contribution is -2.52. The number of para-hydroxylation sites is 1. The Labute approximate surface area is 129 Å². The van der Waals surface area contributed by atoms with Crippen LogP contribution < -0.4 is 10.9 Å². The Bertz CT molecular complexity index is 734. The van der Waals surface area contributed by atoms with Crippen LogP contribution in [0.1, 0.15) is 12.0 Å². The molecule has 1 spiro atoms. The molecule has 3 heterocycles. The minimum Gasteiger partial charge on any atom is -0.371 e. The fourth-order valence-electron chi connectivity index (χ4n) is 3.59. The second kappa shape index (κ2) is 5.50. The van der Waals surface area contributed by atoms with E-state index in [1.165, 1.54) is 0 Å². The van der Waals surface area contributed by atoms with Crippen molar-refractivity contribution in [3.8, 4) is 0 Å². The molecule has 1 aromatic carbocycles. The zero-order valence-corrected chi connectivity index (χ0v) is 12.6. The summed E-state index contributed by atoms with van der Waals surface area (Å²) in [5, 5.41) is 4.47. The number of hydrogen-bond acceptors (Lipinski definition) is 4. The number of benzene rings is 1. The van der Waals surface area contributed by atoms with Crippen LogP contribution in [0.5, 0.6) is 0 Å². The summed E-state index contributed by atoms with van der Waals surface area (Å²) in [5.74, 6) is 0. The number of nitrogens with zero attached hydrogens (tertiary/aromatic N) is 1. The van der Waals surface area contributed by atoms with Gasteiger partial charge in [0.1, 0.15) is 0 Å². The van der Waals surface area contributed by atoms with Gasteiger partial charge in [-0.3, -0.25) is 9.69 Å². The van der Waals surface area contributed by atoms with Gasteiger partial charge in [-0.2, -0.15) is 0 Å². The molecular weight excluding hydrogens is 278 g/mol. The van der Waals surface area contributed by atoms with Crippen LogP contribution in [0.4, 0.5) is 0 Å². The molecule has 0 bridgehead atoms. The van der Waals surface area contributed by atoms with Gasteiger partial charge in [0.2, 0.25) is 0 Å². The van der Waals surface area contributed by atoms with Crippen molar-refractivity contribution in [3.05, 3.63) is 46.2 Å². The van der Waals surface area contributed by atoms with Crippen molar-refractivity contribution in [2.24, 2.45) is 0 Å². The van der Waals surface area contributed by atoms with Crippen molar-refractivity contribution < 1.29 is 4.74 Å². The number of H-pyrrole nitrogens is 1. The number of aromatic nitrogens is 1. The lowest BCUT2D eigenvalue weighted by atomic mass is 10.00. The average Bonchev–Trinajstić information content (AvgIpc) is 2.96. The summed E-state index contributed by atoms with van der Waals surface area (Å²) < 4.78 is 6.00. The molecule has 2 saturated heterocycles. The molecule has 2 fully saturated rings. The van der Waals surface area contributed by atoms with Crippen LogP contribution in [0.15, 0.2) is 35.1 Å². The van der Waals surface area contributed by atoms with E-state index in [4.69, 9.17) is 4.74 Å². The second-order valence-electron chi connectivity index (χ2n) is 6.38. The first-order valence-corrected chi connectivity index (χ1v) is 7.92. The van der Waals surface area contributed by atoms with E-state index >= 15 is 0 Å². The zero-order valence-electron chi connectivity index (χ0n) is 12.6. The molecule has 4 rings (SSSR count). The van der Waals surface area contributed by atoms with Gasteiger partial charge in [-0.05, 0) is 30.5 Å². The highest BCUT2D eigenvalue weighted by Gasteiger charge is 2.39. The molecule has 2 aliphatic rings. The lowest BCUT2D eigenvalue weighted by Gasteiger charge is -2.40. The van der Waals surface area contributed by atoms with Crippen molar-refractivity contribution >= 4 is 10.9 Å². The molecule has 5 nitrogen and oxygen atoms in total. The van der Waals surface area contributed by atoms with Gasteiger partial charge in [0.05, 0.1) is 12.2 Å². The standard InChI is InChI=1S/C17H21N3O2/c21-16-14(9-13-3-1-2-4-15(13)19-16)10-20-7-8-22-17(12-20)5-6-18-11-17/h1-4,9,18H,5-8,10-12H2,(H,19,21). The molecule has 0 radical (unpaired) electrons. The molecule has 2 aromatic rings. The number of rotatable bonds is 2. The molecular formula is C17H21N3O2. The third-order valence-corrected chi connectivity index (χ3v) is 4.76. The predicted octanol–water partition coefficient (Wildman–Crippen LogP) is 1.09. The highest BCUT2D eigenvalue weighted by molar-refractivity contribution is 5.78. The first-order chi connectivity index (χ1) is 10.7. The number of nitrogens with one attached hydrogen (secondary N) is 2. The summed E-state index contributed by atoms with van der Waals surface area (Å²) in [6.45, 7) is 5.14. The predicted molar refractivity (Wildman–Crippen MR) is 86.0 cm³/mol. The molecule has 5 heteroatoms. The summed E-state index contributed by atoms with van der Waals surface area (Å²) in [5.41, 5.74) is 1.70. The SMILES string of the molecule is O=c1[nH]c2ccccc2cc1CN1CCOC2(CCNC2)C1. The van der Waals surface area contributed by atoms with Crippen molar-refractivity contribution in [1.82, 2.24) is 15.2 Å². The van der Waals surface area contributed by atoms with Gasteiger partial charge >= 0.3 is 0 Å². The zero-order chi connectivity index (χ0) is 15.0. The van der Waals surface area contributed by atoms with Crippen molar-refractivity contribution in [3.63, 3.8) is 0 Å². The molecule has 0 saturated carbocycles. The Morgan fingerprint density at radius 1 is 1.32 bits per heavy atom. The monoisotopic (exact) mass is 299 g/mol. The van der Waals surface area contributed by atoms with E-state index in [0.717, 1.165) is 55.7 Å². The van der Waals surface area contributed by atoms with E-state index < -0.39 is 0 Å². The quantitative estimate of drug-likeness (QED) is 0.872. The van der Waals surface area contributed by atoms with Crippen molar-refractivity contribution in [1.29, 1.82) is 0 Å². The van der Waals surface area contributed by atoms with Crippen LogP contribution in [0.3, 0.4) is 0 Å². The number of morpholine rings is 1. The van der Waals surface area contributed by atoms with Gasteiger partial charge in [-0.25, -0.2) is 0 Å². The van der Waals surface area contributed by atoms with Crippen LogP contribution >= 0.6 is 0 Å². The van der Waals surface area contributed by atoms with E-state index in [-0.39, 0.29) is 11.2 Å². The minimum absolute atomic E-state index is 0.0174. The second-order valence-corrected chi connectivity index (χ2v) is 6.38. The molecule has 1 aromatic heterocycles. The molecule has 2 aliphatic heterocycles.